The summed E-state index contributed by atoms with van der Waals surface area (Å²) in [4.78, 5) is 11.6. The number of nitrogens with zero attached hydrogens (tertiary/aromatic N) is 3. The number of likely N-dealkylation sites (tertiary alicyclic amines) is 1. The highest BCUT2D eigenvalue weighted by atomic mass is 127. The number of rotatable bonds is 12. The molecule has 0 aliphatic carbocycles. The van der Waals surface area contributed by atoms with Crippen LogP contribution in [-0.2, 0) is 16.0 Å². The highest BCUT2D eigenvalue weighted by Crippen LogP contribution is 2.18. The minimum Gasteiger partial charge on any atom is -0.477 e. The third-order valence-corrected chi connectivity index (χ3v) is 4.91. The van der Waals surface area contributed by atoms with Gasteiger partial charge in [-0.3, -0.25) is 0 Å². The van der Waals surface area contributed by atoms with Crippen molar-refractivity contribution in [3.05, 3.63) is 23.9 Å². The predicted molar refractivity (Wildman–Crippen MR) is 132 cm³/mol. The van der Waals surface area contributed by atoms with Crippen LogP contribution < -0.4 is 10.1 Å². The van der Waals surface area contributed by atoms with Crippen LogP contribution in [0.2, 0.25) is 0 Å². The Kier molecular flexibility index (Phi) is 14.8. The summed E-state index contributed by atoms with van der Waals surface area (Å²) in [5.41, 5.74) is 1.02. The number of guanidine groups is 1. The van der Waals surface area contributed by atoms with E-state index in [4.69, 9.17) is 19.2 Å². The van der Waals surface area contributed by atoms with E-state index in [0.717, 1.165) is 76.5 Å². The van der Waals surface area contributed by atoms with Gasteiger partial charge in [0, 0.05) is 51.7 Å². The van der Waals surface area contributed by atoms with E-state index in [1.807, 2.05) is 12.1 Å². The van der Waals surface area contributed by atoms with Gasteiger partial charge >= 0.3 is 0 Å². The number of aliphatic imine (C=N–C) groups is 1. The first-order chi connectivity index (χ1) is 14.3. The topological polar surface area (TPSA) is 68.2 Å². The van der Waals surface area contributed by atoms with E-state index in [1.54, 1.807) is 13.3 Å². The summed E-state index contributed by atoms with van der Waals surface area (Å²) in [7, 11) is 1.73. The first-order valence-electron chi connectivity index (χ1n) is 11.0. The molecule has 0 radical (unpaired) electrons. The fourth-order valence-corrected chi connectivity index (χ4v) is 3.26. The van der Waals surface area contributed by atoms with Crippen molar-refractivity contribution < 1.29 is 14.2 Å². The van der Waals surface area contributed by atoms with Gasteiger partial charge in [0.05, 0.1) is 19.3 Å². The average Bonchev–Trinajstić information content (AvgIpc) is 2.76. The molecule has 0 spiro atoms. The number of pyridine rings is 1. The highest BCUT2D eigenvalue weighted by Gasteiger charge is 2.22. The molecule has 1 N–H and O–H groups in total. The largest absolute Gasteiger partial charge is 0.477 e. The van der Waals surface area contributed by atoms with Crippen molar-refractivity contribution in [1.82, 2.24) is 15.2 Å². The van der Waals surface area contributed by atoms with Gasteiger partial charge in [-0.1, -0.05) is 19.4 Å². The summed E-state index contributed by atoms with van der Waals surface area (Å²) in [6, 6.07) is 3.98. The van der Waals surface area contributed by atoms with Crippen molar-refractivity contribution in [3.8, 4) is 5.88 Å². The lowest BCUT2D eigenvalue weighted by atomic mass is 10.1. The summed E-state index contributed by atoms with van der Waals surface area (Å²) >= 11 is 0. The van der Waals surface area contributed by atoms with Gasteiger partial charge in [-0.05, 0) is 38.7 Å². The Bertz CT molecular complexity index is 596. The van der Waals surface area contributed by atoms with Gasteiger partial charge in [0.25, 0.3) is 0 Å². The van der Waals surface area contributed by atoms with Crippen LogP contribution in [0.5, 0.6) is 5.88 Å². The van der Waals surface area contributed by atoms with Gasteiger partial charge < -0.3 is 24.4 Å². The lowest BCUT2D eigenvalue weighted by Gasteiger charge is -2.34. The van der Waals surface area contributed by atoms with Gasteiger partial charge in [-0.15, -0.1) is 24.0 Å². The number of ether oxygens (including phenoxy) is 3. The number of nitrogens with one attached hydrogen (secondary N) is 1. The fourth-order valence-electron chi connectivity index (χ4n) is 3.26. The number of aromatic nitrogens is 1. The van der Waals surface area contributed by atoms with Crippen molar-refractivity contribution >= 4 is 29.9 Å². The Morgan fingerprint density at radius 2 is 2.00 bits per heavy atom. The second kappa shape index (κ2) is 16.5. The van der Waals surface area contributed by atoms with Crippen molar-refractivity contribution in [1.29, 1.82) is 0 Å². The van der Waals surface area contributed by atoms with E-state index < -0.39 is 0 Å². The Labute approximate surface area is 199 Å². The van der Waals surface area contributed by atoms with Gasteiger partial charge in [-0.2, -0.15) is 0 Å². The fraction of sp³-hybridized carbons (Fsp3) is 0.727. The lowest BCUT2D eigenvalue weighted by molar-refractivity contribution is 0.00990. The Morgan fingerprint density at radius 3 is 2.70 bits per heavy atom. The van der Waals surface area contributed by atoms with Crippen LogP contribution in [-0.4, -0.2) is 68.5 Å². The van der Waals surface area contributed by atoms with E-state index in [9.17, 15) is 0 Å². The van der Waals surface area contributed by atoms with Gasteiger partial charge in [0.1, 0.15) is 0 Å². The van der Waals surface area contributed by atoms with Crippen molar-refractivity contribution in [2.24, 2.45) is 4.99 Å². The number of methoxy groups -OCH3 is 1. The molecule has 0 amide bonds. The smallest absolute Gasteiger partial charge is 0.218 e. The van der Waals surface area contributed by atoms with Crippen LogP contribution in [0.3, 0.4) is 0 Å². The highest BCUT2D eigenvalue weighted by molar-refractivity contribution is 14.0. The molecule has 0 unspecified atom stereocenters. The normalized spacial score (nSPS) is 15.0. The number of unbranched alkanes of at least 4 members (excludes halogenated alkanes) is 1. The Hall–Kier alpha value is -1.13. The maximum Gasteiger partial charge on any atom is 0.218 e. The van der Waals surface area contributed by atoms with Crippen LogP contribution >= 0.6 is 24.0 Å². The molecule has 1 fully saturated rings. The van der Waals surface area contributed by atoms with Gasteiger partial charge in [0.2, 0.25) is 5.88 Å². The standard InChI is InChI=1S/C22H38N4O3.HI/c1-4-6-16-29-21-19(9-7-12-24-21)18-25-22(23-5-2)26-13-10-20(11-14-26)28-17-8-15-27-3;/h7,9,12,20H,4-6,8,10-11,13-18H2,1-3H3,(H,23,25);1H. The summed E-state index contributed by atoms with van der Waals surface area (Å²) in [6.45, 7) is 9.80. The van der Waals surface area contributed by atoms with Crippen molar-refractivity contribution in [3.63, 3.8) is 0 Å². The molecule has 1 aromatic heterocycles. The molecule has 2 rings (SSSR count). The summed E-state index contributed by atoms with van der Waals surface area (Å²) < 4.78 is 16.9. The average molecular weight is 534 g/mol. The molecule has 1 aliphatic heterocycles. The lowest BCUT2D eigenvalue weighted by Crippen LogP contribution is -2.47. The monoisotopic (exact) mass is 534 g/mol. The minimum absolute atomic E-state index is 0. The maximum absolute atomic E-state index is 5.97. The molecule has 172 valence electrons. The molecule has 1 aliphatic rings. The third kappa shape index (κ3) is 9.78. The van der Waals surface area contributed by atoms with E-state index in [-0.39, 0.29) is 24.0 Å². The van der Waals surface area contributed by atoms with E-state index in [0.29, 0.717) is 25.1 Å². The second-order valence-electron chi connectivity index (χ2n) is 7.24. The zero-order valence-corrected chi connectivity index (χ0v) is 21.1. The molecule has 8 heteroatoms. The molecule has 7 nitrogen and oxygen atoms in total. The van der Waals surface area contributed by atoms with Crippen LogP contribution in [0.15, 0.2) is 23.3 Å². The van der Waals surface area contributed by atoms with Crippen molar-refractivity contribution in [2.45, 2.75) is 58.6 Å². The first kappa shape index (κ1) is 26.9. The quantitative estimate of drug-likeness (QED) is 0.190. The SMILES string of the molecule is CCCCOc1ncccc1CN=C(NCC)N1CCC(OCCCOC)CC1.I. The van der Waals surface area contributed by atoms with Crippen molar-refractivity contribution in [2.75, 3.05) is 46.6 Å². The second-order valence-corrected chi connectivity index (χ2v) is 7.24. The predicted octanol–water partition coefficient (Wildman–Crippen LogP) is 3.86. The number of hydrogen-bond acceptors (Lipinski definition) is 5. The minimum atomic E-state index is 0. The summed E-state index contributed by atoms with van der Waals surface area (Å²) in [5.74, 6) is 1.65. The zero-order valence-electron chi connectivity index (χ0n) is 18.8. The van der Waals surface area contributed by atoms with Gasteiger partial charge in [0.15, 0.2) is 5.96 Å². The molecule has 0 saturated carbocycles. The first-order valence-corrected chi connectivity index (χ1v) is 11.0. The molecule has 1 saturated heterocycles. The van der Waals surface area contributed by atoms with Crippen LogP contribution in [0.1, 0.15) is 51.5 Å². The summed E-state index contributed by atoms with van der Waals surface area (Å²) in [5, 5.41) is 3.43. The molecule has 2 heterocycles. The number of hydrogen-bond donors (Lipinski definition) is 1. The molecule has 0 atom stereocenters. The van der Waals surface area contributed by atoms with E-state index in [2.05, 4.69) is 29.0 Å². The zero-order chi connectivity index (χ0) is 20.7. The van der Waals surface area contributed by atoms with E-state index in [1.165, 1.54) is 0 Å². The number of piperidine rings is 1. The molecule has 1 aromatic rings. The number of halogens is 1. The van der Waals surface area contributed by atoms with Crippen LogP contribution in [0.4, 0.5) is 0 Å². The molecule has 30 heavy (non-hydrogen) atoms. The Morgan fingerprint density at radius 1 is 1.20 bits per heavy atom. The van der Waals surface area contributed by atoms with Crippen LogP contribution in [0.25, 0.3) is 0 Å². The van der Waals surface area contributed by atoms with E-state index >= 15 is 0 Å². The maximum atomic E-state index is 5.97. The summed E-state index contributed by atoms with van der Waals surface area (Å²) in [6.07, 6.45) is 7.25. The molecular formula is C22H39IN4O3. The molecular weight excluding hydrogens is 495 g/mol. The Balaban J connectivity index is 0.00000450. The van der Waals surface area contributed by atoms with Crippen LogP contribution in [0, 0.1) is 0 Å². The third-order valence-electron chi connectivity index (χ3n) is 4.91. The molecule has 0 aromatic carbocycles. The van der Waals surface area contributed by atoms with Gasteiger partial charge in [-0.25, -0.2) is 9.98 Å². The molecule has 0 bridgehead atoms.